The molecular formula is C31H42N4O16Si4. The van der Waals surface area contributed by atoms with E-state index in [4.69, 9.17) is 16.5 Å². The Labute approximate surface area is 319 Å². The minimum absolute atomic E-state index is 0.223. The molecule has 12 amide bonds. The summed E-state index contributed by atoms with van der Waals surface area (Å²) in [4.78, 5) is 161. The van der Waals surface area contributed by atoms with Crippen molar-refractivity contribution >= 4 is 106 Å². The first-order valence-electron chi connectivity index (χ1n) is 18.0. The molecule has 0 radical (unpaired) electrons. The van der Waals surface area contributed by atoms with Gasteiger partial charge in [-0.15, -0.1) is 0 Å². The van der Waals surface area contributed by atoms with Gasteiger partial charge < -0.3 is 16.5 Å². The van der Waals surface area contributed by atoms with Gasteiger partial charge in [-0.2, -0.15) is 0 Å². The van der Waals surface area contributed by atoms with E-state index in [1.807, 2.05) is 0 Å². The number of nitrogens with zero attached hydrogens (tertiary/aromatic N) is 4. The number of carbonyl (C=O) groups is 12. The molecule has 0 aromatic rings. The van der Waals surface area contributed by atoms with Crippen molar-refractivity contribution in [2.75, 3.05) is 0 Å². The second-order valence-corrected chi connectivity index (χ2v) is 27.4. The van der Waals surface area contributed by atoms with Crippen molar-refractivity contribution in [3.63, 3.8) is 0 Å². The molecule has 20 nitrogen and oxygen atoms in total. The number of carbonyl (C=O) groups excluding carboxylic acids is 12. The smallest absolute Gasteiger partial charge is 0.330 e. The van der Waals surface area contributed by atoms with E-state index in [1.54, 1.807) is 0 Å². The Morgan fingerprint density at radius 2 is 0.764 bits per heavy atom. The standard InChI is InChI=1S/C31H42N4O16Si4/c1-8-20(36)32-24(40)12-16(28(32)44)52-48-53(5,17-13-25(41)33(29(17)45)21(37)9-2)50-55(7,19-15-27(43)35(31(19)47)23(39)11-4)51-54(6,49-52)18-14-26(42)34(30(18)46)22(38)10-3/h16-19,52H,8-15H2,1-7H3. The molecule has 5 saturated heterocycles. The van der Waals surface area contributed by atoms with Crippen LogP contribution in [0.3, 0.4) is 0 Å². The van der Waals surface area contributed by atoms with Crippen molar-refractivity contribution in [3.05, 3.63) is 0 Å². The van der Waals surface area contributed by atoms with Gasteiger partial charge in [-0.25, -0.2) is 19.6 Å². The van der Waals surface area contributed by atoms with E-state index in [0.717, 1.165) is 0 Å². The molecule has 24 heteroatoms. The second-order valence-electron chi connectivity index (χ2n) is 14.2. The molecule has 0 aromatic carbocycles. The Kier molecular flexibility index (Phi) is 11.6. The van der Waals surface area contributed by atoms with Crippen molar-refractivity contribution in [2.24, 2.45) is 0 Å². The lowest BCUT2D eigenvalue weighted by molar-refractivity contribution is -0.151. The van der Waals surface area contributed by atoms with E-state index >= 15 is 0 Å². The largest absolute Gasteiger partial charge is 0.417 e. The van der Waals surface area contributed by atoms with Gasteiger partial charge in [0.15, 0.2) is 0 Å². The highest BCUT2D eigenvalue weighted by Crippen LogP contribution is 2.50. The molecule has 55 heavy (non-hydrogen) atoms. The van der Waals surface area contributed by atoms with E-state index in [-0.39, 0.29) is 25.7 Å². The minimum atomic E-state index is -4.57. The highest BCUT2D eigenvalue weighted by Gasteiger charge is 2.69. The average molecular weight is 839 g/mol. The number of imide groups is 12. The van der Waals surface area contributed by atoms with Crippen molar-refractivity contribution < 1.29 is 74.0 Å². The summed E-state index contributed by atoms with van der Waals surface area (Å²) in [6, 6.07) is 0. The van der Waals surface area contributed by atoms with Crippen LogP contribution in [0.5, 0.6) is 0 Å². The third-order valence-corrected chi connectivity index (χ3v) is 29.0. The van der Waals surface area contributed by atoms with Gasteiger partial charge in [0.05, 0.1) is 22.2 Å². The lowest BCUT2D eigenvalue weighted by atomic mass is 10.3. The normalized spacial score (nSPS) is 34.6. The fourth-order valence-corrected chi connectivity index (χ4v) is 29.2. The van der Waals surface area contributed by atoms with E-state index in [1.165, 1.54) is 47.3 Å². The Morgan fingerprint density at radius 1 is 0.491 bits per heavy atom. The summed E-state index contributed by atoms with van der Waals surface area (Å²) in [5.74, 6) is -10.9. The first-order chi connectivity index (χ1) is 25.6. The zero-order valence-corrected chi connectivity index (χ0v) is 35.5. The Bertz CT molecular complexity index is 1770. The minimum Gasteiger partial charge on any atom is -0.417 e. The van der Waals surface area contributed by atoms with Gasteiger partial charge in [0.1, 0.15) is 0 Å². The SMILES string of the molecule is CCC(=O)N1C(=O)CC([SiH]2O[Si](C)(C3CC(=O)N(C(=O)CC)C3=O)O[Si](C)(C3CC(=O)N(C(=O)CC)C3=O)O[Si](C)(C3CC(=O)N(C(=O)CC)C3=O)O2)C1=O. The van der Waals surface area contributed by atoms with E-state index in [2.05, 4.69) is 0 Å². The Hall–Kier alpha value is -4.05. The monoisotopic (exact) mass is 838 g/mol. The van der Waals surface area contributed by atoms with Gasteiger partial charge in [0.2, 0.25) is 70.9 Å². The van der Waals surface area contributed by atoms with Crippen LogP contribution < -0.4 is 0 Å². The van der Waals surface area contributed by atoms with Crippen molar-refractivity contribution in [1.82, 2.24) is 19.6 Å². The molecule has 5 heterocycles. The number of amides is 12. The highest BCUT2D eigenvalue weighted by atomic mass is 28.5. The molecule has 0 aromatic heterocycles. The van der Waals surface area contributed by atoms with Gasteiger partial charge >= 0.3 is 35.0 Å². The first kappa shape index (κ1) is 42.1. The molecule has 5 fully saturated rings. The van der Waals surface area contributed by atoms with Crippen LogP contribution in [0.15, 0.2) is 0 Å². The van der Waals surface area contributed by atoms with Gasteiger partial charge in [-0.3, -0.25) is 57.5 Å². The number of hydrogen-bond acceptors (Lipinski definition) is 16. The van der Waals surface area contributed by atoms with Crippen molar-refractivity contribution in [2.45, 2.75) is 121 Å². The molecular weight excluding hydrogens is 797 g/mol. The summed E-state index contributed by atoms with van der Waals surface area (Å²) in [7, 11) is -17.6. The maximum atomic E-state index is 14.0. The summed E-state index contributed by atoms with van der Waals surface area (Å²) < 4.78 is 27.0. The highest BCUT2D eigenvalue weighted by molar-refractivity contribution is 6.95. The Balaban J connectivity index is 1.71. The zero-order chi connectivity index (χ0) is 41.1. The average Bonchev–Trinajstić information content (AvgIpc) is 3.81. The fraction of sp³-hybridized carbons (Fsp3) is 0.613. The van der Waals surface area contributed by atoms with Gasteiger partial charge in [0.25, 0.3) is 0 Å². The molecule has 5 aliphatic heterocycles. The second kappa shape index (κ2) is 15.1. The maximum absolute atomic E-state index is 14.0. The van der Waals surface area contributed by atoms with Crippen LogP contribution in [-0.4, -0.2) is 125 Å². The molecule has 0 aliphatic carbocycles. The first-order valence-corrected chi connectivity index (χ1v) is 26.8. The number of rotatable bonds is 8. The predicted molar refractivity (Wildman–Crippen MR) is 188 cm³/mol. The van der Waals surface area contributed by atoms with Crippen LogP contribution in [0.1, 0.15) is 79.1 Å². The summed E-state index contributed by atoms with van der Waals surface area (Å²) in [6.45, 7) is 9.70. The van der Waals surface area contributed by atoms with Crippen molar-refractivity contribution in [3.8, 4) is 0 Å². The maximum Gasteiger partial charge on any atom is 0.330 e. The van der Waals surface area contributed by atoms with E-state index in [9.17, 15) is 57.5 Å². The zero-order valence-electron chi connectivity index (χ0n) is 31.4. The molecule has 0 spiro atoms. The van der Waals surface area contributed by atoms with Crippen LogP contribution in [-0.2, 0) is 74.0 Å². The number of hydrogen-bond donors (Lipinski definition) is 0. The van der Waals surface area contributed by atoms with Crippen LogP contribution >= 0.6 is 0 Å². The van der Waals surface area contributed by atoms with Gasteiger partial charge in [-0.1, -0.05) is 27.7 Å². The lowest BCUT2D eigenvalue weighted by Gasteiger charge is -2.50. The molecule has 0 bridgehead atoms. The van der Waals surface area contributed by atoms with Crippen LogP contribution in [0.4, 0.5) is 0 Å². The molecule has 0 N–H and O–H groups in total. The molecule has 6 atom stereocenters. The molecule has 5 rings (SSSR count). The summed E-state index contributed by atoms with van der Waals surface area (Å²) in [5, 5.41) is 0. The molecule has 298 valence electrons. The Morgan fingerprint density at radius 3 is 1.07 bits per heavy atom. The topological polar surface area (TPSA) is 255 Å². The van der Waals surface area contributed by atoms with Gasteiger partial charge in [-0.05, 0) is 19.6 Å². The van der Waals surface area contributed by atoms with Crippen LogP contribution in [0.25, 0.3) is 0 Å². The van der Waals surface area contributed by atoms with Gasteiger partial charge in [0, 0.05) is 51.4 Å². The number of likely N-dealkylation sites (tertiary alicyclic amines) is 4. The molecule has 0 saturated carbocycles. The third-order valence-electron chi connectivity index (χ3n) is 10.6. The van der Waals surface area contributed by atoms with E-state index < -0.39 is 154 Å². The summed E-state index contributed by atoms with van der Waals surface area (Å²) in [6.07, 6.45) is -3.37. The van der Waals surface area contributed by atoms with Crippen molar-refractivity contribution in [1.29, 1.82) is 0 Å². The van der Waals surface area contributed by atoms with Crippen LogP contribution in [0.2, 0.25) is 41.8 Å². The summed E-state index contributed by atoms with van der Waals surface area (Å²) >= 11 is 0. The third kappa shape index (κ3) is 7.01. The lowest BCUT2D eigenvalue weighted by Crippen LogP contribution is -2.69. The molecule has 6 unspecified atom stereocenters. The molecule has 5 aliphatic rings. The summed E-state index contributed by atoms with van der Waals surface area (Å²) in [5.41, 5.74) is -6.07. The fourth-order valence-electron chi connectivity index (χ4n) is 7.65. The van der Waals surface area contributed by atoms with E-state index in [0.29, 0.717) is 19.6 Å². The predicted octanol–water partition coefficient (Wildman–Crippen LogP) is -0.234. The quantitative estimate of drug-likeness (QED) is 0.226. The van der Waals surface area contributed by atoms with Crippen LogP contribution in [0, 0.1) is 0 Å².